The molecule has 0 atom stereocenters. The highest BCUT2D eigenvalue weighted by Crippen LogP contribution is 2.26. The number of fused-ring (bicyclic) bond motifs is 1. The molecule has 0 spiro atoms. The number of pyridine rings is 1. The van der Waals surface area contributed by atoms with E-state index in [1.807, 2.05) is 36.4 Å². The van der Waals surface area contributed by atoms with Crippen molar-refractivity contribution in [3.8, 4) is 0 Å². The number of carbonyl (C=O) groups is 1. The van der Waals surface area contributed by atoms with Gasteiger partial charge in [-0.15, -0.1) is 0 Å². The second-order valence-corrected chi connectivity index (χ2v) is 5.84. The standard InChI is InChI=1S/C19H15F3N2O2/c1-23(15-9-8-13-5-2-3-6-14(13)11-15)17(25)12-24-10-4-7-16(18(24)26)19(20,21)22/h2-11H,12H2,1H3. The molecule has 1 heterocycles. The molecule has 4 nitrogen and oxygen atoms in total. The van der Waals surface area contributed by atoms with Gasteiger partial charge in [0.25, 0.3) is 5.56 Å². The third-order valence-electron chi connectivity index (χ3n) is 4.13. The number of halogens is 3. The van der Waals surface area contributed by atoms with Gasteiger partial charge in [0.15, 0.2) is 0 Å². The van der Waals surface area contributed by atoms with E-state index >= 15 is 0 Å². The summed E-state index contributed by atoms with van der Waals surface area (Å²) in [5.41, 5.74) is -1.94. The van der Waals surface area contributed by atoms with E-state index in [0.29, 0.717) is 11.8 Å². The zero-order chi connectivity index (χ0) is 18.9. The van der Waals surface area contributed by atoms with E-state index < -0.39 is 29.8 Å². The van der Waals surface area contributed by atoms with Crippen molar-refractivity contribution in [3.63, 3.8) is 0 Å². The number of nitrogens with zero attached hydrogens (tertiary/aromatic N) is 2. The third-order valence-corrected chi connectivity index (χ3v) is 4.13. The van der Waals surface area contributed by atoms with Gasteiger partial charge in [0, 0.05) is 18.9 Å². The Hall–Kier alpha value is -3.09. The molecule has 0 saturated heterocycles. The van der Waals surface area contributed by atoms with Crippen LogP contribution in [0.2, 0.25) is 0 Å². The highest BCUT2D eigenvalue weighted by molar-refractivity contribution is 5.95. The molecule has 7 heteroatoms. The summed E-state index contributed by atoms with van der Waals surface area (Å²) < 4.78 is 39.3. The molecule has 0 aliphatic rings. The first-order valence-electron chi connectivity index (χ1n) is 7.79. The van der Waals surface area contributed by atoms with Crippen LogP contribution >= 0.6 is 0 Å². The van der Waals surface area contributed by atoms with E-state index in [0.717, 1.165) is 21.4 Å². The van der Waals surface area contributed by atoms with Crippen molar-refractivity contribution >= 4 is 22.4 Å². The largest absolute Gasteiger partial charge is 0.421 e. The van der Waals surface area contributed by atoms with Crippen LogP contribution in [0.5, 0.6) is 0 Å². The molecule has 3 aromatic rings. The lowest BCUT2D eigenvalue weighted by Crippen LogP contribution is -2.35. The van der Waals surface area contributed by atoms with Gasteiger partial charge in [0.2, 0.25) is 5.91 Å². The molecule has 1 amide bonds. The molecule has 0 N–H and O–H groups in total. The minimum absolute atomic E-state index is 0.480. The van der Waals surface area contributed by atoms with Crippen molar-refractivity contribution in [2.24, 2.45) is 0 Å². The maximum atomic E-state index is 12.8. The van der Waals surface area contributed by atoms with Gasteiger partial charge in [0.05, 0.1) is 0 Å². The number of likely N-dealkylation sites (N-methyl/N-ethyl adjacent to an activating group) is 1. The minimum atomic E-state index is -4.76. The highest BCUT2D eigenvalue weighted by Gasteiger charge is 2.34. The molecule has 26 heavy (non-hydrogen) atoms. The summed E-state index contributed by atoms with van der Waals surface area (Å²) in [5.74, 6) is -0.498. The van der Waals surface area contributed by atoms with Crippen molar-refractivity contribution in [2.75, 3.05) is 11.9 Å². The first-order valence-corrected chi connectivity index (χ1v) is 7.79. The second kappa shape index (κ2) is 6.67. The van der Waals surface area contributed by atoms with Crippen LogP contribution < -0.4 is 10.5 Å². The van der Waals surface area contributed by atoms with Gasteiger partial charge >= 0.3 is 6.18 Å². The Kier molecular flexibility index (Phi) is 4.54. The van der Waals surface area contributed by atoms with E-state index in [9.17, 15) is 22.8 Å². The fraction of sp³-hybridized carbons (Fsp3) is 0.158. The van der Waals surface area contributed by atoms with Gasteiger partial charge in [-0.3, -0.25) is 9.59 Å². The van der Waals surface area contributed by atoms with Gasteiger partial charge in [-0.1, -0.05) is 30.3 Å². The Labute approximate surface area is 147 Å². The topological polar surface area (TPSA) is 42.3 Å². The SMILES string of the molecule is CN(C(=O)Cn1cccc(C(F)(F)F)c1=O)c1ccc2ccccc2c1. The maximum absolute atomic E-state index is 12.8. The van der Waals surface area contributed by atoms with Crippen molar-refractivity contribution in [3.05, 3.63) is 76.7 Å². The molecule has 0 saturated carbocycles. The third kappa shape index (κ3) is 3.46. The van der Waals surface area contributed by atoms with Crippen LogP contribution in [0.1, 0.15) is 5.56 Å². The van der Waals surface area contributed by atoms with E-state index in [2.05, 4.69) is 0 Å². The molecule has 1 aromatic heterocycles. The van der Waals surface area contributed by atoms with Gasteiger partial charge in [0.1, 0.15) is 12.1 Å². The molecule has 2 aromatic carbocycles. The molecular weight excluding hydrogens is 345 g/mol. The van der Waals surface area contributed by atoms with Crippen LogP contribution in [0.4, 0.5) is 18.9 Å². The van der Waals surface area contributed by atoms with E-state index in [-0.39, 0.29) is 0 Å². The summed E-state index contributed by atoms with van der Waals surface area (Å²) in [6, 6.07) is 14.8. The number of amides is 1. The lowest BCUT2D eigenvalue weighted by Gasteiger charge is -2.19. The number of carbonyl (C=O) groups excluding carboxylic acids is 1. The fourth-order valence-electron chi connectivity index (χ4n) is 2.66. The average molecular weight is 360 g/mol. The molecule has 134 valence electrons. The normalized spacial score (nSPS) is 11.5. The van der Waals surface area contributed by atoms with Crippen molar-refractivity contribution in [1.82, 2.24) is 4.57 Å². The molecule has 0 fully saturated rings. The number of hydrogen-bond donors (Lipinski definition) is 0. The molecule has 0 bridgehead atoms. The zero-order valence-corrected chi connectivity index (χ0v) is 13.8. The molecule has 3 rings (SSSR count). The number of benzene rings is 2. The highest BCUT2D eigenvalue weighted by atomic mass is 19.4. The minimum Gasteiger partial charge on any atom is -0.314 e. The van der Waals surface area contributed by atoms with E-state index in [4.69, 9.17) is 0 Å². The smallest absolute Gasteiger partial charge is 0.314 e. The predicted octanol–water partition coefficient (Wildman–Crippen LogP) is 3.68. The quantitative estimate of drug-likeness (QED) is 0.715. The summed E-state index contributed by atoms with van der Waals surface area (Å²) in [6.07, 6.45) is -3.59. The van der Waals surface area contributed by atoms with Crippen LogP contribution in [0.3, 0.4) is 0 Å². The van der Waals surface area contributed by atoms with Crippen LogP contribution in [0.25, 0.3) is 10.8 Å². The van der Waals surface area contributed by atoms with Crippen LogP contribution in [-0.4, -0.2) is 17.5 Å². The first kappa shape index (κ1) is 17.7. The zero-order valence-electron chi connectivity index (χ0n) is 13.8. The summed E-state index contributed by atoms with van der Waals surface area (Å²) in [5, 5.41) is 1.94. The van der Waals surface area contributed by atoms with Crippen LogP contribution in [-0.2, 0) is 17.5 Å². The molecule has 0 aliphatic carbocycles. The van der Waals surface area contributed by atoms with E-state index in [1.54, 1.807) is 6.07 Å². The summed E-state index contributed by atoms with van der Waals surface area (Å²) in [7, 11) is 1.52. The number of anilines is 1. The number of aromatic nitrogens is 1. The second-order valence-electron chi connectivity index (χ2n) is 5.84. The molecular formula is C19H15F3N2O2. The van der Waals surface area contributed by atoms with Gasteiger partial charge in [-0.05, 0) is 35.0 Å². The Morgan fingerprint density at radius 1 is 1.04 bits per heavy atom. The summed E-state index contributed by atoms with van der Waals surface area (Å²) >= 11 is 0. The summed E-state index contributed by atoms with van der Waals surface area (Å²) in [6.45, 7) is -0.480. The van der Waals surface area contributed by atoms with Crippen molar-refractivity contribution in [2.45, 2.75) is 12.7 Å². The molecule has 0 radical (unpaired) electrons. The fourth-order valence-corrected chi connectivity index (χ4v) is 2.66. The van der Waals surface area contributed by atoms with Gasteiger partial charge in [-0.2, -0.15) is 13.2 Å². The van der Waals surface area contributed by atoms with E-state index in [1.165, 1.54) is 18.1 Å². The number of alkyl halides is 3. The molecule has 0 aliphatic heterocycles. The maximum Gasteiger partial charge on any atom is 0.421 e. The first-order chi connectivity index (χ1) is 12.3. The summed E-state index contributed by atoms with van der Waals surface area (Å²) in [4.78, 5) is 25.7. The molecule has 0 unspecified atom stereocenters. The average Bonchev–Trinajstić information content (AvgIpc) is 2.61. The van der Waals surface area contributed by atoms with Crippen molar-refractivity contribution < 1.29 is 18.0 Å². The monoisotopic (exact) mass is 360 g/mol. The van der Waals surface area contributed by atoms with Crippen LogP contribution in [0, 0.1) is 0 Å². The van der Waals surface area contributed by atoms with Gasteiger partial charge < -0.3 is 9.47 Å². The Balaban J connectivity index is 1.86. The van der Waals surface area contributed by atoms with Gasteiger partial charge in [-0.25, -0.2) is 0 Å². The lowest BCUT2D eigenvalue weighted by atomic mass is 10.1. The van der Waals surface area contributed by atoms with Crippen LogP contribution in [0.15, 0.2) is 65.6 Å². The predicted molar refractivity (Wildman–Crippen MR) is 93.1 cm³/mol. The Morgan fingerprint density at radius 3 is 2.42 bits per heavy atom. The van der Waals surface area contributed by atoms with Crippen molar-refractivity contribution in [1.29, 1.82) is 0 Å². The lowest BCUT2D eigenvalue weighted by molar-refractivity contribution is -0.139. The number of rotatable bonds is 3. The Bertz CT molecular complexity index is 1020. The Morgan fingerprint density at radius 2 is 1.73 bits per heavy atom. The number of hydrogen-bond acceptors (Lipinski definition) is 2.